The van der Waals surface area contributed by atoms with Crippen molar-refractivity contribution in [1.82, 2.24) is 0 Å². The number of carbonyl (C=O) groups is 3. The van der Waals surface area contributed by atoms with E-state index >= 15 is 0 Å². The maximum Gasteiger partial charge on any atom is 0.294 e. The predicted molar refractivity (Wildman–Crippen MR) is 108 cm³/mol. The Morgan fingerprint density at radius 1 is 1.10 bits per heavy atom. The van der Waals surface area contributed by atoms with Gasteiger partial charge in [0.15, 0.2) is 5.78 Å². The number of rotatable bonds is 4. The minimum atomic E-state index is -1.16. The van der Waals surface area contributed by atoms with Crippen LogP contribution in [0.5, 0.6) is 0 Å². The van der Waals surface area contributed by atoms with Crippen LogP contribution in [0.25, 0.3) is 0 Å². The average Bonchev–Trinajstić information content (AvgIpc) is 3.20. The number of ketones is 1. The quantitative estimate of drug-likeness (QED) is 0.396. The van der Waals surface area contributed by atoms with Crippen molar-refractivity contribution in [3.8, 4) is 0 Å². The molecule has 9 nitrogen and oxygen atoms in total. The minimum Gasteiger partial charge on any atom is -0.293 e. The number of para-hydroxylation sites is 2. The highest BCUT2D eigenvalue weighted by Gasteiger charge is 2.58. The lowest BCUT2D eigenvalue weighted by atomic mass is 9.95. The zero-order chi connectivity index (χ0) is 20.9. The van der Waals surface area contributed by atoms with Crippen LogP contribution >= 0.6 is 15.9 Å². The number of hydrazone groups is 1. The standard InChI is InChI=1S/C19H13BrN4O5/c1-10(25)16-15-17(23(21-16)13-4-2-3-5-14(13)24(28)29)19(27)22(18(15)26)12-8-6-11(20)7-9-12/h2-9,15,17H,1H3/t15-,17+/m1/s1. The van der Waals surface area contributed by atoms with Crippen molar-refractivity contribution in [2.24, 2.45) is 11.0 Å². The first-order valence-corrected chi connectivity index (χ1v) is 9.36. The second-order valence-electron chi connectivity index (χ2n) is 6.54. The summed E-state index contributed by atoms with van der Waals surface area (Å²) in [6.45, 7) is 1.25. The number of hydrogen-bond donors (Lipinski definition) is 0. The Morgan fingerprint density at radius 2 is 1.76 bits per heavy atom. The van der Waals surface area contributed by atoms with Crippen LogP contribution < -0.4 is 9.91 Å². The van der Waals surface area contributed by atoms with Gasteiger partial charge < -0.3 is 0 Å². The number of nitro benzene ring substituents is 1. The molecule has 2 aromatic rings. The third-order valence-electron chi connectivity index (χ3n) is 4.82. The van der Waals surface area contributed by atoms with Crippen molar-refractivity contribution in [1.29, 1.82) is 0 Å². The zero-order valence-electron chi connectivity index (χ0n) is 15.0. The maximum atomic E-state index is 13.2. The summed E-state index contributed by atoms with van der Waals surface area (Å²) in [6, 6.07) is 11.2. The van der Waals surface area contributed by atoms with Crippen molar-refractivity contribution in [3.63, 3.8) is 0 Å². The van der Waals surface area contributed by atoms with E-state index in [9.17, 15) is 24.5 Å². The van der Waals surface area contributed by atoms with E-state index in [4.69, 9.17) is 0 Å². The van der Waals surface area contributed by atoms with Gasteiger partial charge in [0, 0.05) is 17.5 Å². The Balaban J connectivity index is 1.84. The lowest BCUT2D eigenvalue weighted by Crippen LogP contribution is -2.39. The van der Waals surface area contributed by atoms with Gasteiger partial charge in [-0.3, -0.25) is 24.5 Å². The molecule has 2 aromatic carbocycles. The van der Waals surface area contributed by atoms with Crippen LogP contribution in [0.1, 0.15) is 6.92 Å². The molecule has 2 heterocycles. The number of imide groups is 1. The van der Waals surface area contributed by atoms with E-state index in [0.717, 1.165) is 14.4 Å². The molecule has 2 aliphatic heterocycles. The van der Waals surface area contributed by atoms with E-state index in [1.165, 1.54) is 25.1 Å². The third-order valence-corrected chi connectivity index (χ3v) is 5.35. The van der Waals surface area contributed by atoms with Gasteiger partial charge in [-0.2, -0.15) is 5.10 Å². The lowest BCUT2D eigenvalue weighted by Gasteiger charge is -2.21. The van der Waals surface area contributed by atoms with Gasteiger partial charge in [0.25, 0.3) is 11.6 Å². The van der Waals surface area contributed by atoms with Crippen molar-refractivity contribution < 1.29 is 19.3 Å². The molecular weight excluding hydrogens is 444 g/mol. The van der Waals surface area contributed by atoms with Gasteiger partial charge in [-0.15, -0.1) is 0 Å². The number of carbonyl (C=O) groups excluding carboxylic acids is 3. The third kappa shape index (κ3) is 2.92. The normalized spacial score (nSPS) is 20.7. The molecule has 0 radical (unpaired) electrons. The smallest absolute Gasteiger partial charge is 0.293 e. The second kappa shape index (κ2) is 6.89. The van der Waals surface area contributed by atoms with Crippen LogP contribution in [0.2, 0.25) is 0 Å². The molecule has 146 valence electrons. The summed E-state index contributed by atoms with van der Waals surface area (Å²) in [5.41, 5.74) is 0.0267. The molecule has 29 heavy (non-hydrogen) atoms. The van der Waals surface area contributed by atoms with Gasteiger partial charge in [0.1, 0.15) is 23.4 Å². The SMILES string of the molecule is CC(=O)C1=NN(c2ccccc2[N+](=O)[O-])[C@@H]2C(=O)N(c3ccc(Br)cc3)C(=O)[C@H]12. The van der Waals surface area contributed by atoms with Crippen LogP contribution in [-0.2, 0) is 14.4 Å². The summed E-state index contributed by atoms with van der Waals surface area (Å²) in [5.74, 6) is -2.78. The molecule has 0 unspecified atom stereocenters. The van der Waals surface area contributed by atoms with E-state index in [2.05, 4.69) is 21.0 Å². The van der Waals surface area contributed by atoms with Gasteiger partial charge in [-0.25, -0.2) is 9.91 Å². The number of benzene rings is 2. The Hall–Kier alpha value is -3.40. The van der Waals surface area contributed by atoms with Gasteiger partial charge in [0.2, 0.25) is 5.91 Å². The second-order valence-corrected chi connectivity index (χ2v) is 7.46. The molecule has 2 aliphatic rings. The summed E-state index contributed by atoms with van der Waals surface area (Å²) in [4.78, 5) is 50.3. The Morgan fingerprint density at radius 3 is 2.38 bits per heavy atom. The monoisotopic (exact) mass is 456 g/mol. The molecule has 0 spiro atoms. The van der Waals surface area contributed by atoms with E-state index in [1.807, 2.05) is 0 Å². The number of hydrogen-bond acceptors (Lipinski definition) is 7. The van der Waals surface area contributed by atoms with Crippen molar-refractivity contribution in [2.75, 3.05) is 9.91 Å². The summed E-state index contributed by atoms with van der Waals surface area (Å²) in [5, 5.41) is 16.7. The molecule has 0 N–H and O–H groups in total. The highest BCUT2D eigenvalue weighted by Crippen LogP contribution is 2.40. The van der Waals surface area contributed by atoms with Crippen LogP contribution in [0.15, 0.2) is 58.1 Å². The van der Waals surface area contributed by atoms with E-state index < -0.39 is 34.5 Å². The van der Waals surface area contributed by atoms with Crippen molar-refractivity contribution >= 4 is 56.3 Å². The molecule has 2 amide bonds. The number of anilines is 2. The van der Waals surface area contributed by atoms with E-state index in [1.54, 1.807) is 30.3 Å². The van der Waals surface area contributed by atoms with Crippen molar-refractivity contribution in [3.05, 3.63) is 63.1 Å². The van der Waals surface area contributed by atoms with Crippen LogP contribution in [-0.4, -0.2) is 34.3 Å². The fourth-order valence-corrected chi connectivity index (χ4v) is 3.82. The topological polar surface area (TPSA) is 113 Å². The summed E-state index contributed by atoms with van der Waals surface area (Å²) >= 11 is 3.30. The molecule has 0 aromatic heterocycles. The first-order valence-electron chi connectivity index (χ1n) is 8.56. The first-order chi connectivity index (χ1) is 13.8. The number of halogens is 1. The highest BCUT2D eigenvalue weighted by atomic mass is 79.9. The van der Waals surface area contributed by atoms with Crippen LogP contribution in [0.4, 0.5) is 17.1 Å². The zero-order valence-corrected chi connectivity index (χ0v) is 16.6. The molecule has 0 aliphatic carbocycles. The number of fused-ring (bicyclic) bond motifs is 1. The number of amides is 2. The Kier molecular flexibility index (Phi) is 4.50. The molecular formula is C19H13BrN4O5. The summed E-state index contributed by atoms with van der Waals surface area (Å²) < 4.78 is 0.771. The van der Waals surface area contributed by atoms with Crippen LogP contribution in [0, 0.1) is 16.0 Å². The van der Waals surface area contributed by atoms with Gasteiger partial charge in [-0.1, -0.05) is 28.1 Å². The van der Waals surface area contributed by atoms with Gasteiger partial charge >= 0.3 is 0 Å². The lowest BCUT2D eigenvalue weighted by molar-refractivity contribution is -0.384. The molecule has 10 heteroatoms. The number of Topliss-reactive ketones (excluding diaryl/α,β-unsaturated/α-hetero) is 1. The molecule has 0 saturated carbocycles. The molecule has 1 saturated heterocycles. The summed E-state index contributed by atoms with van der Waals surface area (Å²) in [6.07, 6.45) is 0. The predicted octanol–water partition coefficient (Wildman–Crippen LogP) is 2.68. The number of nitrogens with zero attached hydrogens (tertiary/aromatic N) is 4. The van der Waals surface area contributed by atoms with Gasteiger partial charge in [-0.05, 0) is 30.3 Å². The maximum absolute atomic E-state index is 13.2. The van der Waals surface area contributed by atoms with Crippen molar-refractivity contribution in [2.45, 2.75) is 13.0 Å². The number of nitro groups is 1. The fourth-order valence-electron chi connectivity index (χ4n) is 3.56. The largest absolute Gasteiger partial charge is 0.294 e. The fraction of sp³-hybridized carbons (Fsp3) is 0.158. The first kappa shape index (κ1) is 18.9. The Labute approximate surface area is 172 Å². The van der Waals surface area contributed by atoms with Gasteiger partial charge in [0.05, 0.1) is 10.6 Å². The molecule has 0 bridgehead atoms. The molecule has 4 rings (SSSR count). The average molecular weight is 457 g/mol. The summed E-state index contributed by atoms with van der Waals surface area (Å²) in [7, 11) is 0. The highest BCUT2D eigenvalue weighted by molar-refractivity contribution is 9.10. The minimum absolute atomic E-state index is 0.0440. The molecule has 2 atom stereocenters. The van der Waals surface area contributed by atoms with Crippen LogP contribution in [0.3, 0.4) is 0 Å². The molecule has 1 fully saturated rings. The Bertz CT molecular complexity index is 1100. The van der Waals surface area contributed by atoms with E-state index in [0.29, 0.717) is 5.69 Å². The van der Waals surface area contributed by atoms with E-state index in [-0.39, 0.29) is 17.1 Å².